The van der Waals surface area contributed by atoms with Crippen molar-refractivity contribution in [1.82, 2.24) is 15.0 Å². The molecule has 0 bridgehead atoms. The smallest absolute Gasteiger partial charge is 0.164 e. The number of para-hydroxylation sites is 1. The monoisotopic (exact) mass is 746 g/mol. The largest absolute Gasteiger partial charge is 0.456 e. The summed E-state index contributed by atoms with van der Waals surface area (Å²) in [5, 5.41) is 14.5. The SMILES string of the molecule is N#Cc1ccc2c(c1)Sc1cc(-c3nc(-c4ccccc4)nc(-c4ccc5ccccc5c4)n3)ccc1C2(c1ccccc1)c1ccc2c(c1)oc1ccccc12. The molecular weight excluding hydrogens is 717 g/mol. The van der Waals surface area contributed by atoms with Gasteiger partial charge in [-0.2, -0.15) is 5.26 Å². The maximum absolute atomic E-state index is 10.1. The summed E-state index contributed by atoms with van der Waals surface area (Å²) in [5.41, 5.74) is 8.70. The molecule has 1 atom stereocenters. The van der Waals surface area contributed by atoms with Gasteiger partial charge >= 0.3 is 0 Å². The minimum atomic E-state index is -0.735. The van der Waals surface area contributed by atoms with Crippen molar-refractivity contribution in [3.05, 3.63) is 210 Å². The zero-order valence-corrected chi connectivity index (χ0v) is 31.2. The van der Waals surface area contributed by atoms with Crippen molar-refractivity contribution in [1.29, 1.82) is 5.26 Å². The number of furan rings is 1. The van der Waals surface area contributed by atoms with Crippen LogP contribution in [0.1, 0.15) is 27.8 Å². The van der Waals surface area contributed by atoms with Gasteiger partial charge in [-0.25, -0.2) is 15.0 Å². The zero-order chi connectivity index (χ0) is 37.9. The van der Waals surface area contributed by atoms with Crippen LogP contribution in [0.4, 0.5) is 0 Å². The van der Waals surface area contributed by atoms with E-state index in [9.17, 15) is 5.26 Å². The lowest BCUT2D eigenvalue weighted by Crippen LogP contribution is -2.34. The highest BCUT2D eigenvalue weighted by Gasteiger charge is 2.45. The van der Waals surface area contributed by atoms with Gasteiger partial charge in [0.2, 0.25) is 0 Å². The van der Waals surface area contributed by atoms with Crippen molar-refractivity contribution in [2.45, 2.75) is 15.2 Å². The molecular formula is C51H30N4OS. The minimum absolute atomic E-state index is 0.584. The summed E-state index contributed by atoms with van der Waals surface area (Å²) >= 11 is 1.68. The Morgan fingerprint density at radius 1 is 0.456 bits per heavy atom. The maximum Gasteiger partial charge on any atom is 0.164 e. The van der Waals surface area contributed by atoms with Gasteiger partial charge in [0.15, 0.2) is 17.5 Å². The molecule has 8 aromatic carbocycles. The van der Waals surface area contributed by atoms with Crippen LogP contribution in [0.2, 0.25) is 0 Å². The Labute approximate surface area is 333 Å². The van der Waals surface area contributed by atoms with Crippen LogP contribution in [-0.4, -0.2) is 15.0 Å². The number of nitriles is 1. The van der Waals surface area contributed by atoms with E-state index in [0.29, 0.717) is 23.0 Å². The summed E-state index contributed by atoms with van der Waals surface area (Å²) < 4.78 is 6.50. The summed E-state index contributed by atoms with van der Waals surface area (Å²) in [6.07, 6.45) is 0. The van der Waals surface area contributed by atoms with Crippen LogP contribution >= 0.6 is 11.8 Å². The molecule has 0 amide bonds. The molecule has 2 aromatic heterocycles. The van der Waals surface area contributed by atoms with Crippen molar-refractivity contribution in [3.8, 4) is 40.2 Å². The lowest BCUT2D eigenvalue weighted by atomic mass is 9.64. The summed E-state index contributed by atoms with van der Waals surface area (Å²) in [5.74, 6) is 1.80. The lowest BCUT2D eigenvalue weighted by Gasteiger charge is -2.42. The summed E-state index contributed by atoms with van der Waals surface area (Å²) in [6.45, 7) is 0. The summed E-state index contributed by atoms with van der Waals surface area (Å²) in [4.78, 5) is 17.3. The number of hydrogen-bond donors (Lipinski definition) is 0. The van der Waals surface area contributed by atoms with Crippen molar-refractivity contribution in [2.75, 3.05) is 0 Å². The second-order valence-electron chi connectivity index (χ2n) is 14.3. The van der Waals surface area contributed by atoms with E-state index in [2.05, 4.69) is 115 Å². The number of fused-ring (bicyclic) bond motifs is 6. The summed E-state index contributed by atoms with van der Waals surface area (Å²) in [6, 6.07) is 65.2. The highest BCUT2D eigenvalue weighted by atomic mass is 32.2. The van der Waals surface area contributed by atoms with E-state index in [0.717, 1.165) is 81.4 Å². The van der Waals surface area contributed by atoms with Gasteiger partial charge < -0.3 is 4.42 Å². The fourth-order valence-corrected chi connectivity index (χ4v) is 9.69. The maximum atomic E-state index is 10.1. The average molecular weight is 747 g/mol. The van der Waals surface area contributed by atoms with E-state index in [1.165, 1.54) is 0 Å². The molecule has 266 valence electrons. The molecule has 1 aliphatic rings. The molecule has 10 aromatic rings. The average Bonchev–Trinajstić information content (AvgIpc) is 3.66. The van der Waals surface area contributed by atoms with Gasteiger partial charge in [0, 0.05) is 37.3 Å². The number of benzene rings is 8. The summed E-state index contributed by atoms with van der Waals surface area (Å²) in [7, 11) is 0. The van der Waals surface area contributed by atoms with E-state index in [4.69, 9.17) is 19.4 Å². The van der Waals surface area contributed by atoms with E-state index in [-0.39, 0.29) is 0 Å². The Balaban J connectivity index is 1.15. The van der Waals surface area contributed by atoms with Crippen molar-refractivity contribution in [3.63, 3.8) is 0 Å². The second-order valence-corrected chi connectivity index (χ2v) is 15.4. The highest BCUT2D eigenvalue weighted by molar-refractivity contribution is 7.99. The van der Waals surface area contributed by atoms with Gasteiger partial charge in [0.25, 0.3) is 0 Å². The third-order valence-electron chi connectivity index (χ3n) is 11.1. The Bertz CT molecular complexity index is 3240. The normalized spacial score (nSPS) is 14.6. The molecule has 0 spiro atoms. The molecule has 0 saturated carbocycles. The van der Waals surface area contributed by atoms with Gasteiger partial charge in [0.05, 0.1) is 17.0 Å². The van der Waals surface area contributed by atoms with Gasteiger partial charge in [-0.1, -0.05) is 157 Å². The quantitative estimate of drug-likeness (QED) is 0.175. The van der Waals surface area contributed by atoms with E-state index >= 15 is 0 Å². The highest BCUT2D eigenvalue weighted by Crippen LogP contribution is 2.57. The first kappa shape index (κ1) is 33.0. The van der Waals surface area contributed by atoms with Crippen LogP contribution in [0.25, 0.3) is 66.9 Å². The first-order valence-electron chi connectivity index (χ1n) is 18.8. The molecule has 1 unspecified atom stereocenters. The molecule has 0 aliphatic carbocycles. The van der Waals surface area contributed by atoms with Crippen molar-refractivity contribution >= 4 is 44.5 Å². The molecule has 11 rings (SSSR count). The predicted molar refractivity (Wildman–Crippen MR) is 228 cm³/mol. The Morgan fingerprint density at radius 3 is 1.86 bits per heavy atom. The number of hydrogen-bond acceptors (Lipinski definition) is 6. The van der Waals surface area contributed by atoms with Crippen molar-refractivity contribution < 1.29 is 4.42 Å². The fraction of sp³-hybridized carbons (Fsp3) is 0.0196. The molecule has 0 N–H and O–H groups in total. The Kier molecular flexibility index (Phi) is 7.63. The lowest BCUT2D eigenvalue weighted by molar-refractivity contribution is 0.661. The number of rotatable bonds is 5. The Hall–Kier alpha value is -7.33. The van der Waals surface area contributed by atoms with Crippen LogP contribution in [0.5, 0.6) is 0 Å². The predicted octanol–water partition coefficient (Wildman–Crippen LogP) is 12.6. The second kappa shape index (κ2) is 13.2. The van der Waals surface area contributed by atoms with E-state index in [1.807, 2.05) is 72.8 Å². The van der Waals surface area contributed by atoms with Crippen LogP contribution < -0.4 is 0 Å². The molecule has 6 heteroatoms. The number of nitrogens with zero attached hydrogens (tertiary/aromatic N) is 4. The molecule has 0 radical (unpaired) electrons. The third kappa shape index (κ3) is 5.36. The third-order valence-corrected chi connectivity index (χ3v) is 12.2. The van der Waals surface area contributed by atoms with Crippen molar-refractivity contribution in [2.24, 2.45) is 0 Å². The van der Waals surface area contributed by atoms with Crippen LogP contribution in [-0.2, 0) is 5.41 Å². The molecule has 0 fully saturated rings. The molecule has 5 nitrogen and oxygen atoms in total. The van der Waals surface area contributed by atoms with E-state index in [1.54, 1.807) is 11.8 Å². The van der Waals surface area contributed by atoms with Gasteiger partial charge in [-0.3, -0.25) is 0 Å². The fourth-order valence-electron chi connectivity index (χ4n) is 8.42. The van der Waals surface area contributed by atoms with E-state index < -0.39 is 5.41 Å². The minimum Gasteiger partial charge on any atom is -0.456 e. The molecule has 1 aliphatic heterocycles. The van der Waals surface area contributed by atoms with Crippen LogP contribution in [0.3, 0.4) is 0 Å². The zero-order valence-electron chi connectivity index (χ0n) is 30.4. The Morgan fingerprint density at radius 2 is 1.07 bits per heavy atom. The molecule has 3 heterocycles. The first-order valence-corrected chi connectivity index (χ1v) is 19.6. The van der Waals surface area contributed by atoms with Crippen LogP contribution in [0.15, 0.2) is 196 Å². The first-order chi connectivity index (χ1) is 28.2. The van der Waals surface area contributed by atoms with Gasteiger partial charge in [0.1, 0.15) is 11.2 Å². The topological polar surface area (TPSA) is 75.6 Å². The standard InChI is InChI=1S/C51H30N4OS/c52-31-32-19-25-42-46(27-32)57-47-29-37(50-54-48(34-12-3-1-4-13-34)53-49(55-50)36-21-20-33-11-7-8-14-35(33)28-36)22-26-43(47)51(42,38-15-5-2-6-16-38)39-23-24-41-40-17-9-10-18-44(40)56-45(41)30-39/h1-30H. The van der Waals surface area contributed by atoms with Gasteiger partial charge in [-0.15, -0.1) is 0 Å². The van der Waals surface area contributed by atoms with Gasteiger partial charge in [-0.05, 0) is 69.4 Å². The number of aromatic nitrogens is 3. The molecule has 0 saturated heterocycles. The molecule has 57 heavy (non-hydrogen) atoms. The van der Waals surface area contributed by atoms with Crippen LogP contribution in [0, 0.1) is 11.3 Å².